The van der Waals surface area contributed by atoms with Crippen molar-refractivity contribution in [3.8, 4) is 0 Å². The standard InChI is InChI=1S/C19H22Cl2N4OS/c20-14-7-4-9-15(17(14)21)24-19(26)25(27)18(13-6-5-10-22-12-13)16-8-2-1-3-11-23-16/h4-7,9-10,12,16,18,23,27H,1-3,8,11H2,(H,24,26). The van der Waals surface area contributed by atoms with Gasteiger partial charge in [-0.2, -0.15) is 0 Å². The molecular formula is C19H22Cl2N4OS. The lowest BCUT2D eigenvalue weighted by Crippen LogP contribution is -2.43. The Morgan fingerprint density at radius 3 is 2.89 bits per heavy atom. The zero-order valence-electron chi connectivity index (χ0n) is 14.7. The second-order valence-electron chi connectivity index (χ2n) is 6.52. The first-order valence-corrected chi connectivity index (χ1v) is 10.1. The Labute approximate surface area is 175 Å². The summed E-state index contributed by atoms with van der Waals surface area (Å²) in [5.41, 5.74) is 1.38. The molecule has 1 aromatic heterocycles. The third-order valence-corrected chi connectivity index (χ3v) is 5.92. The molecule has 2 amide bonds. The minimum Gasteiger partial charge on any atom is -0.312 e. The Kier molecular flexibility index (Phi) is 7.24. The summed E-state index contributed by atoms with van der Waals surface area (Å²) in [7, 11) is 0. The number of aromatic nitrogens is 1. The molecule has 1 aromatic carbocycles. The summed E-state index contributed by atoms with van der Waals surface area (Å²) in [4.78, 5) is 17.1. The van der Waals surface area contributed by atoms with Crippen molar-refractivity contribution >= 4 is 47.7 Å². The summed E-state index contributed by atoms with van der Waals surface area (Å²) in [6.45, 7) is 0.921. The molecule has 2 atom stereocenters. The van der Waals surface area contributed by atoms with E-state index in [1.807, 2.05) is 12.1 Å². The van der Waals surface area contributed by atoms with Crippen LogP contribution in [0.2, 0.25) is 10.0 Å². The number of carbonyl (C=O) groups excluding carboxylic acids is 1. The fourth-order valence-corrected chi connectivity index (χ4v) is 4.01. The van der Waals surface area contributed by atoms with Gasteiger partial charge in [0.2, 0.25) is 0 Å². The maximum absolute atomic E-state index is 12.9. The molecule has 2 aromatic rings. The van der Waals surface area contributed by atoms with Crippen LogP contribution in [0.25, 0.3) is 0 Å². The lowest BCUT2D eigenvalue weighted by molar-refractivity contribution is 0.218. The van der Waals surface area contributed by atoms with Gasteiger partial charge in [0.1, 0.15) is 0 Å². The smallest absolute Gasteiger partial charge is 0.312 e. The van der Waals surface area contributed by atoms with Gasteiger partial charge < -0.3 is 10.6 Å². The van der Waals surface area contributed by atoms with Crippen LogP contribution in [0.1, 0.15) is 37.3 Å². The summed E-state index contributed by atoms with van der Waals surface area (Å²) < 4.78 is 1.41. The molecule has 1 saturated heterocycles. The number of halogens is 2. The lowest BCUT2D eigenvalue weighted by Gasteiger charge is -2.34. The van der Waals surface area contributed by atoms with Gasteiger partial charge in [-0.15, -0.1) is 0 Å². The van der Waals surface area contributed by atoms with Crippen LogP contribution < -0.4 is 10.6 Å². The highest BCUT2D eigenvalue weighted by Crippen LogP contribution is 2.33. The van der Waals surface area contributed by atoms with Gasteiger partial charge in [0.05, 0.1) is 21.8 Å². The number of rotatable bonds is 4. The molecule has 1 aliphatic rings. The van der Waals surface area contributed by atoms with Crippen molar-refractivity contribution < 1.29 is 4.79 Å². The fraction of sp³-hybridized carbons (Fsp3) is 0.368. The van der Waals surface area contributed by atoms with Gasteiger partial charge in [0.15, 0.2) is 0 Å². The maximum atomic E-state index is 12.9. The van der Waals surface area contributed by atoms with Crippen molar-refractivity contribution in [3.63, 3.8) is 0 Å². The number of pyridine rings is 1. The molecule has 8 heteroatoms. The molecule has 27 heavy (non-hydrogen) atoms. The van der Waals surface area contributed by atoms with Crippen molar-refractivity contribution in [2.45, 2.75) is 37.8 Å². The van der Waals surface area contributed by atoms with E-state index in [0.29, 0.717) is 15.7 Å². The van der Waals surface area contributed by atoms with E-state index in [1.54, 1.807) is 30.6 Å². The third kappa shape index (κ3) is 5.08. The highest BCUT2D eigenvalue weighted by atomic mass is 35.5. The summed E-state index contributed by atoms with van der Waals surface area (Å²) >= 11 is 16.8. The molecule has 1 aliphatic heterocycles. The van der Waals surface area contributed by atoms with Gasteiger partial charge in [-0.1, -0.05) is 61.0 Å². The molecule has 0 spiro atoms. The number of hydrogen-bond donors (Lipinski definition) is 3. The molecule has 0 saturated carbocycles. The largest absolute Gasteiger partial charge is 0.332 e. The number of nitrogens with one attached hydrogen (secondary N) is 2. The summed E-state index contributed by atoms with van der Waals surface area (Å²) in [6, 6.07) is 8.40. The molecule has 0 radical (unpaired) electrons. The monoisotopic (exact) mass is 424 g/mol. The van der Waals surface area contributed by atoms with Gasteiger partial charge in [-0.05, 0) is 43.1 Å². The number of thiol groups is 1. The fourth-order valence-electron chi connectivity index (χ4n) is 3.32. The first kappa shape index (κ1) is 20.3. The summed E-state index contributed by atoms with van der Waals surface area (Å²) in [5, 5.41) is 7.05. The predicted octanol–water partition coefficient (Wildman–Crippen LogP) is 5.34. The second-order valence-corrected chi connectivity index (χ2v) is 7.73. The maximum Gasteiger partial charge on any atom is 0.332 e. The van der Waals surface area contributed by atoms with Crippen LogP contribution in [0.4, 0.5) is 10.5 Å². The molecule has 0 aliphatic carbocycles. The minimum absolute atomic E-state index is 0.0924. The van der Waals surface area contributed by atoms with E-state index in [2.05, 4.69) is 28.4 Å². The van der Waals surface area contributed by atoms with Crippen molar-refractivity contribution in [3.05, 3.63) is 58.3 Å². The van der Waals surface area contributed by atoms with E-state index in [4.69, 9.17) is 23.2 Å². The second kappa shape index (κ2) is 9.64. The van der Waals surface area contributed by atoms with Crippen LogP contribution in [0.5, 0.6) is 0 Å². The topological polar surface area (TPSA) is 57.3 Å². The van der Waals surface area contributed by atoms with E-state index in [0.717, 1.165) is 31.4 Å². The molecule has 3 rings (SSSR count). The number of amides is 2. The van der Waals surface area contributed by atoms with Crippen molar-refractivity contribution in [2.24, 2.45) is 0 Å². The van der Waals surface area contributed by atoms with Crippen molar-refractivity contribution in [2.75, 3.05) is 11.9 Å². The van der Waals surface area contributed by atoms with Gasteiger partial charge in [0.25, 0.3) is 0 Å². The van der Waals surface area contributed by atoms with Crippen LogP contribution >= 0.6 is 36.0 Å². The molecule has 2 unspecified atom stereocenters. The average Bonchev–Trinajstić information content (AvgIpc) is 2.96. The highest BCUT2D eigenvalue weighted by Gasteiger charge is 2.31. The van der Waals surface area contributed by atoms with Crippen molar-refractivity contribution in [1.82, 2.24) is 14.6 Å². The van der Waals surface area contributed by atoms with E-state index in [-0.39, 0.29) is 18.1 Å². The minimum atomic E-state index is -0.373. The predicted molar refractivity (Wildman–Crippen MR) is 114 cm³/mol. The van der Waals surface area contributed by atoms with Gasteiger partial charge in [-0.25, -0.2) is 4.79 Å². The SMILES string of the molecule is O=C(Nc1cccc(Cl)c1Cl)N(S)C(c1cccnc1)C1CCCCCN1. The van der Waals surface area contributed by atoms with E-state index in [9.17, 15) is 4.79 Å². The molecule has 2 heterocycles. The zero-order valence-corrected chi connectivity index (χ0v) is 17.1. The number of anilines is 1. The first-order chi connectivity index (χ1) is 13.1. The molecule has 2 N–H and O–H groups in total. The summed E-state index contributed by atoms with van der Waals surface area (Å²) in [5.74, 6) is 0. The van der Waals surface area contributed by atoms with Crippen LogP contribution in [-0.4, -0.2) is 27.9 Å². The molecule has 0 bridgehead atoms. The Balaban J connectivity index is 1.84. The Morgan fingerprint density at radius 1 is 1.26 bits per heavy atom. The van der Waals surface area contributed by atoms with E-state index >= 15 is 0 Å². The molecular weight excluding hydrogens is 403 g/mol. The van der Waals surface area contributed by atoms with Crippen LogP contribution in [0, 0.1) is 0 Å². The number of carbonyl (C=O) groups is 1. The average molecular weight is 425 g/mol. The number of nitrogens with zero attached hydrogens (tertiary/aromatic N) is 2. The van der Waals surface area contributed by atoms with E-state index < -0.39 is 0 Å². The number of hydrogen-bond acceptors (Lipinski definition) is 4. The van der Waals surface area contributed by atoms with E-state index in [1.165, 1.54) is 10.7 Å². The quantitative estimate of drug-likeness (QED) is 0.580. The van der Waals surface area contributed by atoms with Gasteiger partial charge >= 0.3 is 6.03 Å². The Hall–Kier alpha value is -1.47. The Morgan fingerprint density at radius 2 is 2.11 bits per heavy atom. The zero-order chi connectivity index (χ0) is 19.2. The van der Waals surface area contributed by atoms with Crippen LogP contribution in [0.3, 0.4) is 0 Å². The number of benzene rings is 1. The summed E-state index contributed by atoms with van der Waals surface area (Å²) in [6.07, 6.45) is 7.88. The lowest BCUT2D eigenvalue weighted by atomic mass is 9.97. The van der Waals surface area contributed by atoms with Crippen LogP contribution in [-0.2, 0) is 0 Å². The third-order valence-electron chi connectivity index (χ3n) is 4.67. The Bertz CT molecular complexity index is 770. The molecule has 1 fully saturated rings. The normalized spacial score (nSPS) is 18.4. The van der Waals surface area contributed by atoms with Crippen LogP contribution in [0.15, 0.2) is 42.7 Å². The van der Waals surface area contributed by atoms with Crippen molar-refractivity contribution in [1.29, 1.82) is 0 Å². The van der Waals surface area contributed by atoms with Gasteiger partial charge in [-0.3, -0.25) is 9.29 Å². The number of urea groups is 1. The van der Waals surface area contributed by atoms with Gasteiger partial charge in [0, 0.05) is 18.4 Å². The first-order valence-electron chi connectivity index (χ1n) is 8.94. The molecule has 144 valence electrons. The molecule has 5 nitrogen and oxygen atoms in total. The highest BCUT2D eigenvalue weighted by molar-refractivity contribution is 7.78.